The average Bonchev–Trinajstić information content (AvgIpc) is 2.96. The molecule has 1 fully saturated rings. The van der Waals surface area contributed by atoms with Crippen molar-refractivity contribution in [3.8, 4) is 0 Å². The lowest BCUT2D eigenvalue weighted by atomic mass is 10.0. The maximum absolute atomic E-state index is 12.0. The lowest BCUT2D eigenvalue weighted by Crippen LogP contribution is -2.50. The first-order valence-electron chi connectivity index (χ1n) is 8.11. The molecule has 1 heterocycles. The molecule has 5 nitrogen and oxygen atoms in total. The van der Waals surface area contributed by atoms with E-state index in [1.807, 2.05) is 37.3 Å². The molecule has 3 atom stereocenters. The molecule has 5 heteroatoms. The van der Waals surface area contributed by atoms with Crippen LogP contribution in [0.5, 0.6) is 0 Å². The summed E-state index contributed by atoms with van der Waals surface area (Å²) in [6.07, 6.45) is 1.85. The predicted molar refractivity (Wildman–Crippen MR) is 87.4 cm³/mol. The van der Waals surface area contributed by atoms with Crippen LogP contribution in [-0.4, -0.2) is 53.7 Å². The monoisotopic (exact) mass is 305 g/mol. The molecule has 122 valence electrons. The molecular weight excluding hydrogens is 278 g/mol. The van der Waals surface area contributed by atoms with Crippen molar-refractivity contribution in [1.29, 1.82) is 0 Å². The average molecular weight is 305 g/mol. The molecule has 0 aliphatic carbocycles. The molecule has 1 aliphatic heterocycles. The Kier molecular flexibility index (Phi) is 6.36. The molecule has 0 spiro atoms. The van der Waals surface area contributed by atoms with E-state index in [1.54, 1.807) is 0 Å². The number of hydrogen-bond donors (Lipinski definition) is 3. The summed E-state index contributed by atoms with van der Waals surface area (Å²) < 4.78 is 0. The minimum Gasteiger partial charge on any atom is -0.390 e. The number of nitrogens with two attached hydrogens (primary N) is 1. The van der Waals surface area contributed by atoms with Crippen LogP contribution >= 0.6 is 0 Å². The van der Waals surface area contributed by atoms with E-state index >= 15 is 0 Å². The lowest BCUT2D eigenvalue weighted by Gasteiger charge is -2.28. The number of hydrogen-bond acceptors (Lipinski definition) is 4. The van der Waals surface area contributed by atoms with Gasteiger partial charge in [-0.15, -0.1) is 0 Å². The van der Waals surface area contributed by atoms with Crippen LogP contribution < -0.4 is 11.1 Å². The summed E-state index contributed by atoms with van der Waals surface area (Å²) >= 11 is 0. The van der Waals surface area contributed by atoms with Gasteiger partial charge in [-0.2, -0.15) is 0 Å². The highest BCUT2D eigenvalue weighted by atomic mass is 16.3. The standard InChI is InChI=1S/C17H27N3O2/c1-2-19-17(22)15-9-6-10-20(15)12-16(21)14(18)11-13-7-4-3-5-8-13/h3-5,7-8,14-16,21H,2,6,9-12,18H2,1H3,(H,19,22)/t14?,15-,16?/m0/s1. The van der Waals surface area contributed by atoms with Crippen molar-refractivity contribution in [2.24, 2.45) is 5.73 Å². The first kappa shape index (κ1) is 16.9. The Labute approximate surface area is 132 Å². The summed E-state index contributed by atoms with van der Waals surface area (Å²) in [7, 11) is 0. The molecule has 22 heavy (non-hydrogen) atoms. The molecule has 2 unspecified atom stereocenters. The SMILES string of the molecule is CCNC(=O)[C@@H]1CCCN1CC(O)C(N)Cc1ccccc1. The zero-order valence-electron chi connectivity index (χ0n) is 13.2. The van der Waals surface area contributed by atoms with Crippen LogP contribution in [0.3, 0.4) is 0 Å². The van der Waals surface area contributed by atoms with Crippen molar-refractivity contribution < 1.29 is 9.90 Å². The molecule has 0 aromatic heterocycles. The van der Waals surface area contributed by atoms with E-state index in [4.69, 9.17) is 5.73 Å². The van der Waals surface area contributed by atoms with Gasteiger partial charge in [0, 0.05) is 19.1 Å². The van der Waals surface area contributed by atoms with Gasteiger partial charge in [-0.05, 0) is 38.3 Å². The summed E-state index contributed by atoms with van der Waals surface area (Å²) in [6, 6.07) is 9.49. The van der Waals surface area contributed by atoms with Gasteiger partial charge in [0.2, 0.25) is 5.91 Å². The van der Waals surface area contributed by atoms with Gasteiger partial charge in [0.1, 0.15) is 0 Å². The van der Waals surface area contributed by atoms with E-state index in [9.17, 15) is 9.90 Å². The third-order valence-corrected chi connectivity index (χ3v) is 4.25. The number of aliphatic hydroxyl groups excluding tert-OH is 1. The van der Waals surface area contributed by atoms with Crippen molar-refractivity contribution >= 4 is 5.91 Å². The van der Waals surface area contributed by atoms with Gasteiger partial charge in [0.15, 0.2) is 0 Å². The second kappa shape index (κ2) is 8.27. The number of nitrogens with one attached hydrogen (secondary N) is 1. The van der Waals surface area contributed by atoms with Gasteiger partial charge in [-0.25, -0.2) is 0 Å². The maximum atomic E-state index is 12.0. The van der Waals surface area contributed by atoms with E-state index in [-0.39, 0.29) is 18.0 Å². The molecule has 1 amide bonds. The Hall–Kier alpha value is -1.43. The van der Waals surface area contributed by atoms with E-state index in [1.165, 1.54) is 0 Å². The van der Waals surface area contributed by atoms with Gasteiger partial charge >= 0.3 is 0 Å². The summed E-state index contributed by atoms with van der Waals surface area (Å²) in [5, 5.41) is 13.2. The Morgan fingerprint density at radius 3 is 2.86 bits per heavy atom. The summed E-state index contributed by atoms with van der Waals surface area (Å²) in [5.41, 5.74) is 7.25. The first-order valence-corrected chi connectivity index (χ1v) is 8.11. The number of β-amino-alcohol motifs (C(OH)–C–C–N with tert-alkyl or cyclic N) is 1. The predicted octanol–water partition coefficient (Wildman–Crippen LogP) is 0.518. The number of likely N-dealkylation sites (tertiary alicyclic amines) is 1. The molecule has 2 rings (SSSR count). The smallest absolute Gasteiger partial charge is 0.237 e. The number of nitrogens with zero attached hydrogens (tertiary/aromatic N) is 1. The summed E-state index contributed by atoms with van der Waals surface area (Å²) in [4.78, 5) is 14.1. The minimum atomic E-state index is -0.629. The molecule has 1 aromatic carbocycles. The molecule has 1 aliphatic rings. The number of aliphatic hydroxyl groups is 1. The molecule has 1 aromatic rings. The summed E-state index contributed by atoms with van der Waals surface area (Å²) in [5.74, 6) is 0.0591. The van der Waals surface area contributed by atoms with Gasteiger partial charge < -0.3 is 16.2 Å². The molecule has 4 N–H and O–H groups in total. The summed E-state index contributed by atoms with van der Waals surface area (Å²) in [6.45, 7) is 3.85. The number of benzene rings is 1. The van der Waals surface area contributed by atoms with Crippen LogP contribution in [0, 0.1) is 0 Å². The maximum Gasteiger partial charge on any atom is 0.237 e. The van der Waals surface area contributed by atoms with Crippen LogP contribution in [0.1, 0.15) is 25.3 Å². The highest BCUT2D eigenvalue weighted by Gasteiger charge is 2.32. The highest BCUT2D eigenvalue weighted by molar-refractivity contribution is 5.81. The van der Waals surface area contributed by atoms with Gasteiger partial charge in [0.25, 0.3) is 0 Å². The number of carbonyl (C=O) groups excluding carboxylic acids is 1. The van der Waals surface area contributed by atoms with Crippen LogP contribution in [0.2, 0.25) is 0 Å². The Morgan fingerprint density at radius 2 is 2.18 bits per heavy atom. The van der Waals surface area contributed by atoms with Crippen LogP contribution in [0.4, 0.5) is 0 Å². The quantitative estimate of drug-likeness (QED) is 0.686. The van der Waals surface area contributed by atoms with Crippen LogP contribution in [-0.2, 0) is 11.2 Å². The van der Waals surface area contributed by atoms with Gasteiger partial charge in [0.05, 0.1) is 12.1 Å². The zero-order chi connectivity index (χ0) is 15.9. The van der Waals surface area contributed by atoms with Crippen molar-refractivity contribution in [1.82, 2.24) is 10.2 Å². The third-order valence-electron chi connectivity index (χ3n) is 4.25. The second-order valence-corrected chi connectivity index (χ2v) is 5.97. The topological polar surface area (TPSA) is 78.6 Å². The number of amides is 1. The van der Waals surface area contributed by atoms with Gasteiger partial charge in [-0.1, -0.05) is 30.3 Å². The lowest BCUT2D eigenvalue weighted by molar-refractivity contribution is -0.125. The van der Waals surface area contributed by atoms with Crippen LogP contribution in [0.25, 0.3) is 0 Å². The fraction of sp³-hybridized carbons (Fsp3) is 0.588. The highest BCUT2D eigenvalue weighted by Crippen LogP contribution is 2.18. The fourth-order valence-electron chi connectivity index (χ4n) is 3.03. The first-order chi connectivity index (χ1) is 10.6. The Morgan fingerprint density at radius 1 is 1.45 bits per heavy atom. The van der Waals surface area contributed by atoms with Gasteiger partial charge in [-0.3, -0.25) is 9.69 Å². The second-order valence-electron chi connectivity index (χ2n) is 5.97. The molecule has 0 bridgehead atoms. The third kappa shape index (κ3) is 4.53. The fourth-order valence-corrected chi connectivity index (χ4v) is 3.03. The normalized spacial score (nSPS) is 21.5. The van der Waals surface area contributed by atoms with Crippen molar-refractivity contribution in [3.05, 3.63) is 35.9 Å². The van der Waals surface area contributed by atoms with E-state index in [2.05, 4.69) is 10.2 Å². The van der Waals surface area contributed by atoms with Crippen molar-refractivity contribution in [3.63, 3.8) is 0 Å². The van der Waals surface area contributed by atoms with Crippen molar-refractivity contribution in [2.45, 2.75) is 44.4 Å². The van der Waals surface area contributed by atoms with Crippen molar-refractivity contribution in [2.75, 3.05) is 19.6 Å². The largest absolute Gasteiger partial charge is 0.390 e. The Balaban J connectivity index is 1.87. The number of carbonyl (C=O) groups is 1. The van der Waals surface area contributed by atoms with E-state index < -0.39 is 6.10 Å². The number of rotatable bonds is 7. The molecule has 1 saturated heterocycles. The number of likely N-dealkylation sites (N-methyl/N-ethyl adjacent to an activating group) is 1. The molecule has 0 radical (unpaired) electrons. The zero-order valence-corrected chi connectivity index (χ0v) is 13.2. The van der Waals surface area contributed by atoms with E-state index in [0.29, 0.717) is 19.5 Å². The van der Waals surface area contributed by atoms with E-state index in [0.717, 1.165) is 24.9 Å². The Bertz CT molecular complexity index is 466. The molecular formula is C17H27N3O2. The minimum absolute atomic E-state index is 0.0591. The van der Waals surface area contributed by atoms with Crippen LogP contribution in [0.15, 0.2) is 30.3 Å². The molecule has 0 saturated carbocycles.